The number of fused-ring (bicyclic) bond motifs is 1. The topological polar surface area (TPSA) is 63.3 Å². The molecule has 1 aromatic carbocycles. The van der Waals surface area contributed by atoms with Crippen LogP contribution in [-0.4, -0.2) is 11.1 Å². The van der Waals surface area contributed by atoms with Gasteiger partial charge < -0.3 is 10.8 Å². The van der Waals surface area contributed by atoms with E-state index in [9.17, 15) is 4.79 Å². The second-order valence-corrected chi connectivity index (χ2v) is 4.36. The van der Waals surface area contributed by atoms with Crippen LogP contribution in [0, 0.1) is 5.92 Å². The molecule has 0 saturated carbocycles. The first-order chi connectivity index (χ1) is 7.08. The van der Waals surface area contributed by atoms with Crippen molar-refractivity contribution in [1.29, 1.82) is 0 Å². The number of rotatable bonds is 1. The highest BCUT2D eigenvalue weighted by atomic mass is 35.5. The Balaban J connectivity index is 0.00000128. The van der Waals surface area contributed by atoms with Gasteiger partial charge in [0.1, 0.15) is 0 Å². The minimum Gasteiger partial charge on any atom is -0.481 e. The first-order valence-electron chi connectivity index (χ1n) is 4.84. The third kappa shape index (κ3) is 2.48. The molecule has 3 nitrogen and oxygen atoms in total. The van der Waals surface area contributed by atoms with Crippen LogP contribution in [0.2, 0.25) is 5.02 Å². The highest BCUT2D eigenvalue weighted by molar-refractivity contribution is 6.30. The Morgan fingerprint density at radius 3 is 2.81 bits per heavy atom. The molecular weight excluding hydrogens is 249 g/mol. The summed E-state index contributed by atoms with van der Waals surface area (Å²) in [7, 11) is 0. The molecule has 0 spiro atoms. The van der Waals surface area contributed by atoms with Crippen LogP contribution in [0.3, 0.4) is 0 Å². The maximum atomic E-state index is 10.9. The lowest BCUT2D eigenvalue weighted by molar-refractivity contribution is -0.142. The monoisotopic (exact) mass is 261 g/mol. The lowest BCUT2D eigenvalue weighted by atomic mass is 9.81. The summed E-state index contributed by atoms with van der Waals surface area (Å²) in [6.07, 6.45) is 1.04. The molecule has 16 heavy (non-hydrogen) atoms. The lowest BCUT2D eigenvalue weighted by Crippen LogP contribution is -2.28. The highest BCUT2D eigenvalue weighted by Gasteiger charge is 2.28. The van der Waals surface area contributed by atoms with Gasteiger partial charge in [0.15, 0.2) is 0 Å². The maximum absolute atomic E-state index is 10.9. The molecule has 2 atom stereocenters. The summed E-state index contributed by atoms with van der Waals surface area (Å²) in [5, 5.41) is 9.61. The molecular formula is C11H13Cl2NO2. The fourth-order valence-corrected chi connectivity index (χ4v) is 2.25. The quantitative estimate of drug-likeness (QED) is 0.816. The number of aliphatic carboxylic acids is 1. The Morgan fingerprint density at radius 2 is 2.19 bits per heavy atom. The normalized spacial score (nSPS) is 23.1. The van der Waals surface area contributed by atoms with Gasteiger partial charge in [0.2, 0.25) is 0 Å². The minimum atomic E-state index is -0.772. The summed E-state index contributed by atoms with van der Waals surface area (Å²) in [5.41, 5.74) is 7.91. The van der Waals surface area contributed by atoms with Crippen LogP contribution in [0.25, 0.3) is 0 Å². The van der Waals surface area contributed by atoms with E-state index in [1.54, 1.807) is 6.07 Å². The second-order valence-electron chi connectivity index (χ2n) is 3.92. The summed E-state index contributed by atoms with van der Waals surface area (Å²) in [4.78, 5) is 10.9. The zero-order valence-corrected chi connectivity index (χ0v) is 10.1. The molecule has 1 aliphatic carbocycles. The van der Waals surface area contributed by atoms with E-state index in [2.05, 4.69) is 0 Å². The number of hydrogen-bond acceptors (Lipinski definition) is 2. The number of carbonyl (C=O) groups is 1. The van der Waals surface area contributed by atoms with E-state index in [0.717, 1.165) is 11.1 Å². The van der Waals surface area contributed by atoms with E-state index in [1.165, 1.54) is 0 Å². The van der Waals surface area contributed by atoms with Crippen LogP contribution >= 0.6 is 24.0 Å². The largest absolute Gasteiger partial charge is 0.481 e. The number of carboxylic acid groups (broad SMARTS) is 1. The van der Waals surface area contributed by atoms with Gasteiger partial charge in [-0.15, -0.1) is 12.4 Å². The molecule has 0 aromatic heterocycles. The first-order valence-corrected chi connectivity index (χ1v) is 5.22. The molecule has 0 amide bonds. The van der Waals surface area contributed by atoms with Gasteiger partial charge in [0, 0.05) is 11.1 Å². The first kappa shape index (κ1) is 13.3. The number of nitrogens with two attached hydrogens (primary N) is 1. The Morgan fingerprint density at radius 1 is 1.50 bits per heavy atom. The van der Waals surface area contributed by atoms with Crippen LogP contribution in [-0.2, 0) is 11.2 Å². The molecule has 0 saturated heterocycles. The van der Waals surface area contributed by atoms with Gasteiger partial charge in [-0.25, -0.2) is 0 Å². The van der Waals surface area contributed by atoms with Crippen molar-refractivity contribution in [2.75, 3.05) is 0 Å². The fourth-order valence-electron chi connectivity index (χ4n) is 2.07. The van der Waals surface area contributed by atoms with Crippen LogP contribution < -0.4 is 5.73 Å². The fraction of sp³-hybridized carbons (Fsp3) is 0.364. The standard InChI is InChI=1S/C11H12ClNO2.ClH/c12-8-2-1-6-3-7(11(14)15)4-10(13)9(6)5-8;/h1-2,5,7,10H,3-4,13H2,(H,14,15);1H/t7-,10+;/m0./s1. The zero-order valence-electron chi connectivity index (χ0n) is 8.52. The van der Waals surface area contributed by atoms with Gasteiger partial charge in [-0.05, 0) is 36.1 Å². The number of hydrogen-bond donors (Lipinski definition) is 2. The van der Waals surface area contributed by atoms with Crippen molar-refractivity contribution in [3.63, 3.8) is 0 Å². The maximum Gasteiger partial charge on any atom is 0.306 e. The molecule has 88 valence electrons. The van der Waals surface area contributed by atoms with E-state index in [1.807, 2.05) is 12.1 Å². The van der Waals surface area contributed by atoms with E-state index in [0.29, 0.717) is 17.9 Å². The van der Waals surface area contributed by atoms with Gasteiger partial charge in [-0.1, -0.05) is 17.7 Å². The summed E-state index contributed by atoms with van der Waals surface area (Å²) < 4.78 is 0. The highest BCUT2D eigenvalue weighted by Crippen LogP contribution is 2.33. The molecule has 2 rings (SSSR count). The van der Waals surface area contributed by atoms with Crippen LogP contribution in [0.15, 0.2) is 18.2 Å². The molecule has 0 unspecified atom stereocenters. The van der Waals surface area contributed by atoms with Gasteiger partial charge in [0.25, 0.3) is 0 Å². The minimum absolute atomic E-state index is 0. The Kier molecular flexibility index (Phi) is 4.19. The average Bonchev–Trinajstić information content (AvgIpc) is 2.18. The van der Waals surface area contributed by atoms with Gasteiger partial charge in [-0.2, -0.15) is 0 Å². The predicted molar refractivity (Wildman–Crippen MR) is 65.1 cm³/mol. The van der Waals surface area contributed by atoms with Crippen molar-refractivity contribution in [3.8, 4) is 0 Å². The van der Waals surface area contributed by atoms with Crippen molar-refractivity contribution < 1.29 is 9.90 Å². The molecule has 0 bridgehead atoms. The molecule has 0 fully saturated rings. The van der Waals surface area contributed by atoms with Gasteiger partial charge in [0.05, 0.1) is 5.92 Å². The molecule has 0 radical (unpaired) electrons. The van der Waals surface area contributed by atoms with Gasteiger partial charge in [-0.3, -0.25) is 4.79 Å². The van der Waals surface area contributed by atoms with E-state index in [4.69, 9.17) is 22.4 Å². The van der Waals surface area contributed by atoms with Crippen molar-refractivity contribution in [1.82, 2.24) is 0 Å². The molecule has 1 aliphatic rings. The van der Waals surface area contributed by atoms with Gasteiger partial charge >= 0.3 is 5.97 Å². The summed E-state index contributed by atoms with van der Waals surface area (Å²) in [6.45, 7) is 0. The SMILES string of the molecule is Cl.N[C@@H]1C[C@@H](C(=O)O)Cc2ccc(Cl)cc21. The molecule has 0 heterocycles. The third-order valence-corrected chi connectivity index (χ3v) is 3.10. The van der Waals surface area contributed by atoms with Crippen molar-refractivity contribution in [2.45, 2.75) is 18.9 Å². The van der Waals surface area contributed by atoms with Crippen LogP contribution in [0.4, 0.5) is 0 Å². The number of halogens is 2. The van der Waals surface area contributed by atoms with E-state index >= 15 is 0 Å². The number of benzene rings is 1. The summed E-state index contributed by atoms with van der Waals surface area (Å²) >= 11 is 5.87. The Hall–Kier alpha value is -0.770. The average molecular weight is 262 g/mol. The molecule has 1 aromatic rings. The Labute approximate surface area is 105 Å². The second kappa shape index (κ2) is 5.04. The van der Waals surface area contributed by atoms with Crippen molar-refractivity contribution >= 4 is 30.0 Å². The van der Waals surface area contributed by atoms with E-state index < -0.39 is 5.97 Å². The molecule has 0 aliphatic heterocycles. The smallest absolute Gasteiger partial charge is 0.306 e. The summed E-state index contributed by atoms with van der Waals surface area (Å²) in [5.74, 6) is -1.14. The number of carboxylic acids is 1. The summed E-state index contributed by atoms with van der Waals surface area (Å²) in [6, 6.07) is 5.26. The van der Waals surface area contributed by atoms with Crippen LogP contribution in [0.5, 0.6) is 0 Å². The lowest BCUT2D eigenvalue weighted by Gasteiger charge is -2.27. The van der Waals surface area contributed by atoms with E-state index in [-0.39, 0.29) is 24.4 Å². The van der Waals surface area contributed by atoms with Crippen molar-refractivity contribution in [3.05, 3.63) is 34.3 Å². The van der Waals surface area contributed by atoms with Crippen molar-refractivity contribution in [2.24, 2.45) is 11.7 Å². The molecule has 5 heteroatoms. The zero-order chi connectivity index (χ0) is 11.0. The predicted octanol–water partition coefficient (Wildman–Crippen LogP) is 2.41. The Bertz CT molecular complexity index is 409. The molecule has 3 N–H and O–H groups in total. The third-order valence-electron chi connectivity index (χ3n) is 2.86. The van der Waals surface area contributed by atoms with Crippen LogP contribution in [0.1, 0.15) is 23.6 Å².